The zero-order valence-electron chi connectivity index (χ0n) is 5.94. The summed E-state index contributed by atoms with van der Waals surface area (Å²) in [5.74, 6) is 0.923. The third-order valence-electron chi connectivity index (χ3n) is 1.66. The first-order valence-corrected chi connectivity index (χ1v) is 3.49. The normalized spacial score (nSPS) is 21.0. The number of aromatic nitrogens is 2. The lowest BCUT2D eigenvalue weighted by Crippen LogP contribution is -2.25. The maximum Gasteiger partial charge on any atom is 0.129 e. The van der Waals surface area contributed by atoms with Crippen molar-refractivity contribution in [1.29, 1.82) is 0 Å². The van der Waals surface area contributed by atoms with Crippen molar-refractivity contribution in [2.24, 2.45) is 0 Å². The summed E-state index contributed by atoms with van der Waals surface area (Å²) < 4.78 is 1.73. The molecule has 0 amide bonds. The molecular formula is C7H9N3O. The van der Waals surface area contributed by atoms with Crippen molar-refractivity contribution in [3.63, 3.8) is 0 Å². The van der Waals surface area contributed by atoms with E-state index >= 15 is 0 Å². The van der Waals surface area contributed by atoms with E-state index in [2.05, 4.69) is 10.4 Å². The predicted octanol–water partition coefficient (Wildman–Crippen LogP) is 0.140. The number of hydrogen-bond acceptors (Lipinski definition) is 3. The summed E-state index contributed by atoms with van der Waals surface area (Å²) in [6, 6.07) is 1.89. The van der Waals surface area contributed by atoms with Gasteiger partial charge in [0.25, 0.3) is 0 Å². The average molecular weight is 151 g/mol. The van der Waals surface area contributed by atoms with Crippen LogP contribution in [0.15, 0.2) is 18.3 Å². The smallest absolute Gasteiger partial charge is 0.129 e. The average Bonchev–Trinajstić information content (AvgIpc) is 2.50. The number of rotatable bonds is 1. The van der Waals surface area contributed by atoms with E-state index in [9.17, 15) is 0 Å². The first kappa shape index (κ1) is 6.42. The Hall–Kier alpha value is -1.29. The molecule has 0 fully saturated rings. The van der Waals surface area contributed by atoms with Crippen LogP contribution in [0.2, 0.25) is 0 Å². The Bertz CT molecular complexity index is 279. The third kappa shape index (κ3) is 1.01. The van der Waals surface area contributed by atoms with Gasteiger partial charge in [0, 0.05) is 12.3 Å². The molecule has 1 atom stereocenters. The lowest BCUT2D eigenvalue weighted by molar-refractivity contribution is 0.290. The van der Waals surface area contributed by atoms with Gasteiger partial charge in [-0.25, -0.2) is 4.68 Å². The number of fused-ring (bicyclic) bond motifs is 1. The van der Waals surface area contributed by atoms with Gasteiger partial charge in [-0.1, -0.05) is 0 Å². The van der Waals surface area contributed by atoms with Crippen molar-refractivity contribution in [2.75, 3.05) is 11.9 Å². The van der Waals surface area contributed by atoms with Gasteiger partial charge >= 0.3 is 0 Å². The molecule has 0 radical (unpaired) electrons. The van der Waals surface area contributed by atoms with Crippen LogP contribution in [0.3, 0.4) is 0 Å². The molecule has 1 aromatic heterocycles. The third-order valence-corrected chi connectivity index (χ3v) is 1.66. The summed E-state index contributed by atoms with van der Waals surface area (Å²) >= 11 is 0. The maximum absolute atomic E-state index is 8.81. The molecule has 2 heterocycles. The topological polar surface area (TPSA) is 50.1 Å². The van der Waals surface area contributed by atoms with Crippen molar-refractivity contribution < 1.29 is 5.11 Å². The molecule has 0 bridgehead atoms. The van der Waals surface area contributed by atoms with Crippen molar-refractivity contribution in [3.05, 3.63) is 18.3 Å². The molecule has 1 aliphatic heterocycles. The van der Waals surface area contributed by atoms with Crippen LogP contribution in [0.4, 0.5) is 5.82 Å². The minimum atomic E-state index is 0.0270. The number of anilines is 1. The number of nitrogens with zero attached hydrogens (tertiary/aromatic N) is 2. The van der Waals surface area contributed by atoms with Crippen LogP contribution in [-0.2, 0) is 0 Å². The van der Waals surface area contributed by atoms with Crippen LogP contribution < -0.4 is 5.32 Å². The molecular weight excluding hydrogens is 142 g/mol. The highest BCUT2D eigenvalue weighted by Crippen LogP contribution is 2.13. The van der Waals surface area contributed by atoms with Gasteiger partial charge in [0.05, 0.1) is 18.8 Å². The minimum Gasteiger partial charge on any atom is -0.394 e. The van der Waals surface area contributed by atoms with Gasteiger partial charge in [-0.3, -0.25) is 0 Å². The van der Waals surface area contributed by atoms with Crippen LogP contribution in [0.1, 0.15) is 0 Å². The molecule has 4 heteroatoms. The molecule has 11 heavy (non-hydrogen) atoms. The molecule has 0 spiro atoms. The number of hydrogen-bond donors (Lipinski definition) is 2. The van der Waals surface area contributed by atoms with Crippen LogP contribution in [0.5, 0.6) is 0 Å². The first-order valence-electron chi connectivity index (χ1n) is 3.49. The van der Waals surface area contributed by atoms with Crippen molar-refractivity contribution >= 4 is 12.0 Å². The van der Waals surface area contributed by atoms with Crippen LogP contribution in [-0.4, -0.2) is 27.5 Å². The summed E-state index contributed by atoms with van der Waals surface area (Å²) in [7, 11) is 0. The lowest BCUT2D eigenvalue weighted by Gasteiger charge is -2.17. The van der Waals surface area contributed by atoms with E-state index < -0.39 is 0 Å². The fourth-order valence-corrected chi connectivity index (χ4v) is 1.08. The van der Waals surface area contributed by atoms with E-state index in [0.29, 0.717) is 0 Å². The molecule has 58 valence electrons. The van der Waals surface area contributed by atoms with E-state index in [0.717, 1.165) is 5.82 Å². The number of aliphatic hydroxyl groups excluding tert-OH is 1. The Balaban J connectivity index is 2.29. The van der Waals surface area contributed by atoms with E-state index in [4.69, 9.17) is 5.11 Å². The van der Waals surface area contributed by atoms with Gasteiger partial charge in [0.1, 0.15) is 5.82 Å². The van der Waals surface area contributed by atoms with E-state index in [1.807, 2.05) is 18.3 Å². The number of nitrogens with one attached hydrogen (secondary N) is 1. The summed E-state index contributed by atoms with van der Waals surface area (Å²) in [6.45, 7) is 0.113. The molecule has 0 aliphatic carbocycles. The van der Waals surface area contributed by atoms with Crippen molar-refractivity contribution in [3.8, 4) is 0 Å². The number of aliphatic hydroxyl groups is 1. The molecule has 0 aromatic carbocycles. The van der Waals surface area contributed by atoms with Gasteiger partial charge < -0.3 is 10.4 Å². The highest BCUT2D eigenvalue weighted by atomic mass is 16.3. The van der Waals surface area contributed by atoms with Crippen molar-refractivity contribution in [2.45, 2.75) is 6.04 Å². The van der Waals surface area contributed by atoms with Gasteiger partial charge in [-0.2, -0.15) is 5.10 Å². The monoisotopic (exact) mass is 151 g/mol. The second kappa shape index (κ2) is 2.39. The standard InChI is InChI=1S/C7H9N3O/c11-5-6-2-4-10-7(9-6)1-3-8-10/h1-4,6,9,11H,5H2. The second-order valence-corrected chi connectivity index (χ2v) is 2.44. The zero-order chi connectivity index (χ0) is 7.68. The van der Waals surface area contributed by atoms with Gasteiger partial charge in [-0.05, 0) is 6.08 Å². The van der Waals surface area contributed by atoms with E-state index in [-0.39, 0.29) is 12.6 Å². The molecule has 0 saturated heterocycles. The minimum absolute atomic E-state index is 0.0270. The molecule has 1 unspecified atom stereocenters. The van der Waals surface area contributed by atoms with Gasteiger partial charge in [0.2, 0.25) is 0 Å². The van der Waals surface area contributed by atoms with Crippen LogP contribution >= 0.6 is 0 Å². The molecule has 1 aliphatic rings. The Morgan fingerprint density at radius 3 is 3.45 bits per heavy atom. The largest absolute Gasteiger partial charge is 0.394 e. The van der Waals surface area contributed by atoms with E-state index in [1.165, 1.54) is 0 Å². The highest BCUT2D eigenvalue weighted by Gasteiger charge is 2.10. The summed E-state index contributed by atoms with van der Waals surface area (Å²) in [5.41, 5.74) is 0. The van der Waals surface area contributed by atoms with Crippen LogP contribution in [0.25, 0.3) is 6.20 Å². The van der Waals surface area contributed by atoms with Crippen molar-refractivity contribution in [1.82, 2.24) is 9.78 Å². The molecule has 4 nitrogen and oxygen atoms in total. The molecule has 0 saturated carbocycles. The van der Waals surface area contributed by atoms with Gasteiger partial charge in [0.15, 0.2) is 0 Å². The summed E-state index contributed by atoms with van der Waals surface area (Å²) in [4.78, 5) is 0. The lowest BCUT2D eigenvalue weighted by atomic mass is 10.3. The second-order valence-electron chi connectivity index (χ2n) is 2.44. The zero-order valence-corrected chi connectivity index (χ0v) is 5.94. The quantitative estimate of drug-likeness (QED) is 0.600. The Kier molecular flexibility index (Phi) is 1.40. The first-order chi connectivity index (χ1) is 5.40. The Labute approximate surface area is 64.1 Å². The highest BCUT2D eigenvalue weighted by molar-refractivity contribution is 5.49. The summed E-state index contributed by atoms with van der Waals surface area (Å²) in [6.07, 6.45) is 5.43. The maximum atomic E-state index is 8.81. The van der Waals surface area contributed by atoms with E-state index in [1.54, 1.807) is 10.9 Å². The fraction of sp³-hybridized carbons (Fsp3) is 0.286. The molecule has 1 aromatic rings. The Morgan fingerprint density at radius 2 is 2.64 bits per heavy atom. The summed E-state index contributed by atoms with van der Waals surface area (Å²) in [5, 5.41) is 15.9. The molecule has 2 rings (SSSR count). The van der Waals surface area contributed by atoms with Gasteiger partial charge in [-0.15, -0.1) is 0 Å². The predicted molar refractivity (Wildman–Crippen MR) is 42.1 cm³/mol. The molecule has 2 N–H and O–H groups in total. The van der Waals surface area contributed by atoms with Crippen LogP contribution in [0, 0.1) is 0 Å². The SMILES string of the molecule is OCC1C=Cn2nccc2N1. The fourth-order valence-electron chi connectivity index (χ4n) is 1.08. The Morgan fingerprint density at radius 1 is 1.73 bits per heavy atom.